The van der Waals surface area contributed by atoms with Crippen molar-refractivity contribution in [2.24, 2.45) is 11.8 Å². The van der Waals surface area contributed by atoms with Crippen molar-refractivity contribution in [2.45, 2.75) is 23.7 Å². The van der Waals surface area contributed by atoms with Gasteiger partial charge < -0.3 is 14.2 Å². The zero-order valence-corrected chi connectivity index (χ0v) is 14.6. The predicted octanol–water partition coefficient (Wildman–Crippen LogP) is 2.63. The molecule has 0 radical (unpaired) electrons. The van der Waals surface area contributed by atoms with Crippen LogP contribution in [0.1, 0.15) is 28.2 Å². The third-order valence-corrected chi connectivity index (χ3v) is 6.91. The summed E-state index contributed by atoms with van der Waals surface area (Å²) >= 11 is 0. The van der Waals surface area contributed by atoms with E-state index in [1.807, 2.05) is 0 Å². The molecule has 2 heterocycles. The molecule has 0 N–H and O–H groups in total. The molecule has 0 spiro atoms. The fourth-order valence-corrected chi connectivity index (χ4v) is 6.20. The molecule has 7 rings (SSSR count). The molecule has 26 heavy (non-hydrogen) atoms. The van der Waals surface area contributed by atoms with Crippen molar-refractivity contribution in [1.82, 2.24) is 0 Å². The number of Topliss-reactive ketones (excluding diaryl/α,β-unsaturated/α-hetero) is 1. The zero-order valence-electron chi connectivity index (χ0n) is 14.6. The fraction of sp³-hybridized carbons (Fsp3) is 0.409. The Morgan fingerprint density at radius 2 is 1.73 bits per heavy atom. The summed E-state index contributed by atoms with van der Waals surface area (Å²) in [6, 6.07) is 17.1. The molecule has 4 atom stereocenters. The minimum atomic E-state index is -0.695. The van der Waals surface area contributed by atoms with Gasteiger partial charge in [-0.2, -0.15) is 0 Å². The van der Waals surface area contributed by atoms with Crippen LogP contribution in [-0.2, 0) is 24.4 Å². The van der Waals surface area contributed by atoms with Crippen molar-refractivity contribution in [2.75, 3.05) is 20.3 Å². The molecular formula is C22H20O4. The van der Waals surface area contributed by atoms with Crippen molar-refractivity contribution >= 4 is 5.78 Å². The average Bonchev–Trinajstić information content (AvgIpc) is 3.12. The van der Waals surface area contributed by atoms with E-state index in [0.29, 0.717) is 13.2 Å². The standard InChI is InChI=1S/C22H20O4/c1-24-11-22-14-8-4-2-6-12(14)17(13-7-3-5-9-15(13)22)18-19(22)16-10-25-21(26-16)20(18)23/h2-9,16-19,21H,10-11H2,1H3. The van der Waals surface area contributed by atoms with Crippen LogP contribution in [0.3, 0.4) is 0 Å². The number of benzene rings is 2. The van der Waals surface area contributed by atoms with Crippen molar-refractivity contribution in [3.05, 3.63) is 70.8 Å². The molecule has 3 aliphatic carbocycles. The average molecular weight is 348 g/mol. The van der Waals surface area contributed by atoms with Crippen LogP contribution in [0.4, 0.5) is 0 Å². The second kappa shape index (κ2) is 5.03. The van der Waals surface area contributed by atoms with Gasteiger partial charge in [-0.15, -0.1) is 0 Å². The van der Waals surface area contributed by atoms with Gasteiger partial charge in [0, 0.05) is 24.9 Å². The predicted molar refractivity (Wildman–Crippen MR) is 94.0 cm³/mol. The molecule has 2 aromatic carbocycles. The number of methoxy groups -OCH3 is 1. The first-order valence-corrected chi connectivity index (χ1v) is 9.26. The Labute approximate surface area is 152 Å². The lowest BCUT2D eigenvalue weighted by Crippen LogP contribution is -2.63. The minimum Gasteiger partial charge on any atom is -0.383 e. The second-order valence-electron chi connectivity index (χ2n) is 7.85. The quantitative estimate of drug-likeness (QED) is 0.837. The van der Waals surface area contributed by atoms with Gasteiger partial charge in [0.25, 0.3) is 0 Å². The summed E-state index contributed by atoms with van der Waals surface area (Å²) in [5.41, 5.74) is 4.72. The van der Waals surface area contributed by atoms with E-state index in [2.05, 4.69) is 48.5 Å². The lowest BCUT2D eigenvalue weighted by Gasteiger charge is -2.59. The van der Waals surface area contributed by atoms with E-state index in [4.69, 9.17) is 14.2 Å². The lowest BCUT2D eigenvalue weighted by atomic mass is 9.45. The zero-order chi connectivity index (χ0) is 17.5. The van der Waals surface area contributed by atoms with Crippen molar-refractivity contribution in [3.8, 4) is 0 Å². The number of fused-ring (bicyclic) bond motifs is 2. The Balaban J connectivity index is 1.73. The molecule has 5 aliphatic rings. The molecular weight excluding hydrogens is 328 g/mol. The molecule has 4 bridgehead atoms. The van der Waals surface area contributed by atoms with E-state index in [-0.39, 0.29) is 35.1 Å². The fourth-order valence-electron chi connectivity index (χ4n) is 6.20. The SMILES string of the molecule is COCC12c3ccccc3C(c3ccccc31)C1C(=O)C3OCC(O3)C12. The Kier molecular flexibility index (Phi) is 2.92. The van der Waals surface area contributed by atoms with Crippen molar-refractivity contribution < 1.29 is 19.0 Å². The number of ether oxygens (including phenoxy) is 3. The molecule has 132 valence electrons. The first-order valence-electron chi connectivity index (χ1n) is 9.26. The highest BCUT2D eigenvalue weighted by atomic mass is 16.7. The van der Waals surface area contributed by atoms with E-state index < -0.39 is 6.29 Å². The summed E-state index contributed by atoms with van der Waals surface area (Å²) in [5.74, 6) is 0.108. The summed E-state index contributed by atoms with van der Waals surface area (Å²) in [6.45, 7) is 1.02. The van der Waals surface area contributed by atoms with E-state index >= 15 is 0 Å². The molecule has 4 heteroatoms. The van der Waals surface area contributed by atoms with Gasteiger partial charge in [0.1, 0.15) is 0 Å². The molecule has 4 unspecified atom stereocenters. The van der Waals surface area contributed by atoms with Gasteiger partial charge >= 0.3 is 0 Å². The first-order chi connectivity index (χ1) is 12.8. The highest BCUT2D eigenvalue weighted by Gasteiger charge is 2.67. The van der Waals surface area contributed by atoms with Gasteiger partial charge in [-0.25, -0.2) is 0 Å². The topological polar surface area (TPSA) is 44.8 Å². The summed E-state index contributed by atoms with van der Waals surface area (Å²) in [5, 5.41) is 0. The van der Waals surface area contributed by atoms with Crippen LogP contribution in [-0.4, -0.2) is 38.5 Å². The van der Waals surface area contributed by atoms with Crippen LogP contribution in [0.5, 0.6) is 0 Å². The number of carbonyl (C=O) groups is 1. The summed E-state index contributed by atoms with van der Waals surface area (Å²) in [6.07, 6.45) is -0.762. The molecule has 2 aliphatic heterocycles. The minimum absolute atomic E-state index is 0.0449. The molecule has 0 saturated carbocycles. The number of rotatable bonds is 2. The van der Waals surface area contributed by atoms with Crippen LogP contribution in [0, 0.1) is 11.8 Å². The van der Waals surface area contributed by atoms with Gasteiger partial charge in [-0.3, -0.25) is 4.79 Å². The number of hydrogen-bond donors (Lipinski definition) is 0. The highest BCUT2D eigenvalue weighted by molar-refractivity contribution is 5.89. The maximum atomic E-state index is 13.3. The molecule has 0 aromatic heterocycles. The Morgan fingerprint density at radius 1 is 1.08 bits per heavy atom. The summed E-state index contributed by atoms with van der Waals surface area (Å²) < 4.78 is 17.5. The lowest BCUT2D eigenvalue weighted by molar-refractivity contribution is -0.174. The van der Waals surface area contributed by atoms with E-state index in [9.17, 15) is 4.79 Å². The number of carbonyl (C=O) groups excluding carboxylic acids is 1. The summed E-state index contributed by atoms with van der Waals surface area (Å²) in [7, 11) is 1.75. The molecule has 0 amide bonds. The number of ketones is 1. The van der Waals surface area contributed by atoms with Crippen molar-refractivity contribution in [3.63, 3.8) is 0 Å². The Hall–Kier alpha value is -2.01. The van der Waals surface area contributed by atoms with E-state index in [1.165, 1.54) is 22.3 Å². The second-order valence-corrected chi connectivity index (χ2v) is 7.85. The van der Waals surface area contributed by atoms with Crippen LogP contribution >= 0.6 is 0 Å². The third-order valence-electron chi connectivity index (χ3n) is 6.91. The maximum Gasteiger partial charge on any atom is 0.218 e. The Morgan fingerprint density at radius 3 is 2.38 bits per heavy atom. The maximum absolute atomic E-state index is 13.3. The largest absolute Gasteiger partial charge is 0.383 e. The smallest absolute Gasteiger partial charge is 0.218 e. The van der Waals surface area contributed by atoms with Crippen LogP contribution in [0.15, 0.2) is 48.5 Å². The van der Waals surface area contributed by atoms with Crippen LogP contribution in [0.2, 0.25) is 0 Å². The Bertz CT molecular complexity index is 872. The van der Waals surface area contributed by atoms with E-state index in [0.717, 1.165) is 0 Å². The van der Waals surface area contributed by atoms with E-state index in [1.54, 1.807) is 7.11 Å². The van der Waals surface area contributed by atoms with Crippen LogP contribution < -0.4 is 0 Å². The van der Waals surface area contributed by atoms with Gasteiger partial charge in [0.05, 0.1) is 24.7 Å². The monoisotopic (exact) mass is 348 g/mol. The summed E-state index contributed by atoms with van der Waals surface area (Å²) in [4.78, 5) is 13.3. The molecule has 2 saturated heterocycles. The van der Waals surface area contributed by atoms with Gasteiger partial charge in [-0.05, 0) is 22.3 Å². The molecule has 4 nitrogen and oxygen atoms in total. The third kappa shape index (κ3) is 1.55. The molecule has 2 aromatic rings. The van der Waals surface area contributed by atoms with Crippen LogP contribution in [0.25, 0.3) is 0 Å². The van der Waals surface area contributed by atoms with Gasteiger partial charge in [0.15, 0.2) is 5.78 Å². The number of hydrogen-bond acceptors (Lipinski definition) is 4. The first kappa shape index (κ1) is 15.1. The highest BCUT2D eigenvalue weighted by Crippen LogP contribution is 2.64. The normalized spacial score (nSPS) is 38.7. The van der Waals surface area contributed by atoms with Crippen molar-refractivity contribution in [1.29, 1.82) is 0 Å². The van der Waals surface area contributed by atoms with Gasteiger partial charge in [0.2, 0.25) is 6.29 Å². The van der Waals surface area contributed by atoms with Gasteiger partial charge in [-0.1, -0.05) is 48.5 Å². The molecule has 2 fully saturated rings.